The van der Waals surface area contributed by atoms with Gasteiger partial charge >= 0.3 is 6.18 Å². The molecule has 0 atom stereocenters. The van der Waals surface area contributed by atoms with Crippen molar-refractivity contribution in [2.75, 3.05) is 3.97 Å². The maximum Gasteiger partial charge on any atom is 0.416 e. The molecule has 4 nitrogen and oxygen atoms in total. The molecule has 0 amide bonds. The van der Waals surface area contributed by atoms with Gasteiger partial charge < -0.3 is 4.98 Å². The van der Waals surface area contributed by atoms with E-state index < -0.39 is 30.0 Å². The van der Waals surface area contributed by atoms with Crippen molar-refractivity contribution in [3.8, 4) is 0 Å². The number of H-pyrrole nitrogens is 1. The monoisotopic (exact) mass is 454 g/mol. The number of sulfonamides is 1. The van der Waals surface area contributed by atoms with Gasteiger partial charge in [0.25, 0.3) is 10.0 Å². The smallest absolute Gasteiger partial charge is 0.359 e. The summed E-state index contributed by atoms with van der Waals surface area (Å²) in [5.74, 6) is 0. The summed E-state index contributed by atoms with van der Waals surface area (Å²) < 4.78 is 67.9. The minimum atomic E-state index is -4.53. The highest BCUT2D eigenvalue weighted by Crippen LogP contribution is 2.45. The number of aromatic amines is 1. The van der Waals surface area contributed by atoms with E-state index in [1.165, 1.54) is 3.97 Å². The summed E-state index contributed by atoms with van der Waals surface area (Å²) in [6, 6.07) is 11.1. The van der Waals surface area contributed by atoms with Gasteiger partial charge in [0.2, 0.25) is 0 Å². The third-order valence-corrected chi connectivity index (χ3v) is 14.4. The molecule has 0 saturated heterocycles. The molecule has 0 aliphatic carbocycles. The number of para-hydroxylation sites is 1. The number of anilines is 1. The van der Waals surface area contributed by atoms with Crippen molar-refractivity contribution >= 4 is 34.8 Å². The second-order valence-corrected chi connectivity index (χ2v) is 16.0. The quantitative estimate of drug-likeness (QED) is 0.465. The number of hydrogen-bond donors (Lipinski definition) is 1. The number of halogens is 3. The van der Waals surface area contributed by atoms with Crippen molar-refractivity contribution in [3.05, 3.63) is 60.3 Å². The zero-order valence-corrected chi connectivity index (χ0v) is 19.3. The van der Waals surface area contributed by atoms with E-state index in [0.29, 0.717) is 5.69 Å². The number of nitrogens with one attached hydrogen (secondary N) is 1. The molecule has 0 aliphatic heterocycles. The van der Waals surface area contributed by atoms with Crippen LogP contribution < -0.4 is 3.97 Å². The van der Waals surface area contributed by atoms with Crippen LogP contribution in [-0.4, -0.2) is 21.6 Å². The maximum absolute atomic E-state index is 13.8. The van der Waals surface area contributed by atoms with Crippen LogP contribution in [0.3, 0.4) is 0 Å². The van der Waals surface area contributed by atoms with Crippen LogP contribution in [0.1, 0.15) is 26.3 Å². The van der Waals surface area contributed by atoms with Gasteiger partial charge in [-0.05, 0) is 35.4 Å². The third-order valence-electron chi connectivity index (χ3n) is 5.85. The molecule has 162 valence electrons. The lowest BCUT2D eigenvalue weighted by Crippen LogP contribution is -2.57. The van der Waals surface area contributed by atoms with E-state index in [2.05, 4.69) is 4.98 Å². The Balaban J connectivity index is 2.24. The number of nitrogens with zero attached hydrogens (tertiary/aromatic N) is 1. The number of benzene rings is 2. The predicted molar refractivity (Wildman–Crippen MR) is 117 cm³/mol. The van der Waals surface area contributed by atoms with Gasteiger partial charge in [0, 0.05) is 17.1 Å². The molecule has 1 heterocycles. The number of aromatic nitrogens is 1. The van der Waals surface area contributed by atoms with Gasteiger partial charge in [0.1, 0.15) is 0 Å². The van der Waals surface area contributed by atoms with Crippen LogP contribution in [0.5, 0.6) is 0 Å². The van der Waals surface area contributed by atoms with Crippen LogP contribution in [-0.2, 0) is 16.2 Å². The highest BCUT2D eigenvalue weighted by atomic mass is 32.2. The molecule has 3 aromatic rings. The SMILES string of the molecule is CC(C)(C)[Si](C)(C)N(c1c[nH]c2ccccc12)S(=O)(=O)c1ccc(C(F)(F)F)cc1. The first-order valence-corrected chi connectivity index (χ1v) is 13.8. The Labute approximate surface area is 175 Å². The molecular formula is C21H25F3N2O2SSi. The van der Waals surface area contributed by atoms with E-state index in [0.717, 1.165) is 35.2 Å². The molecule has 2 aromatic carbocycles. The minimum Gasteiger partial charge on any atom is -0.359 e. The second kappa shape index (κ2) is 7.16. The summed E-state index contributed by atoms with van der Waals surface area (Å²) in [5.41, 5.74) is 0.420. The molecule has 0 saturated carbocycles. The summed E-state index contributed by atoms with van der Waals surface area (Å²) in [6.45, 7) is 9.88. The minimum absolute atomic E-state index is 0.161. The van der Waals surface area contributed by atoms with Crippen molar-refractivity contribution in [2.45, 2.75) is 50.0 Å². The normalized spacial score (nSPS) is 13.6. The molecule has 0 spiro atoms. The van der Waals surface area contributed by atoms with Crippen molar-refractivity contribution in [1.82, 2.24) is 4.98 Å². The zero-order valence-electron chi connectivity index (χ0n) is 17.5. The van der Waals surface area contributed by atoms with E-state index in [1.807, 2.05) is 58.1 Å². The van der Waals surface area contributed by atoms with Crippen molar-refractivity contribution in [3.63, 3.8) is 0 Å². The van der Waals surface area contributed by atoms with E-state index >= 15 is 0 Å². The molecule has 9 heteroatoms. The fourth-order valence-electron chi connectivity index (χ4n) is 3.18. The molecule has 0 fully saturated rings. The van der Waals surface area contributed by atoms with Gasteiger partial charge in [-0.25, -0.2) is 8.42 Å². The summed E-state index contributed by atoms with van der Waals surface area (Å²) in [5, 5.41) is 0.405. The Kier molecular flexibility index (Phi) is 5.35. The Hall–Kier alpha value is -2.26. The molecule has 3 rings (SSSR count). The molecule has 30 heavy (non-hydrogen) atoms. The molecule has 0 radical (unpaired) electrons. The Morgan fingerprint density at radius 1 is 0.933 bits per heavy atom. The number of rotatable bonds is 4. The van der Waals surface area contributed by atoms with E-state index in [4.69, 9.17) is 0 Å². The van der Waals surface area contributed by atoms with Crippen LogP contribution >= 0.6 is 0 Å². The lowest BCUT2D eigenvalue weighted by Gasteiger charge is -2.45. The predicted octanol–water partition coefficient (Wildman–Crippen LogP) is 6.39. The fraction of sp³-hybridized carbons (Fsp3) is 0.333. The average Bonchev–Trinajstić information content (AvgIpc) is 3.03. The van der Waals surface area contributed by atoms with Gasteiger partial charge in [-0.15, -0.1) is 0 Å². The lowest BCUT2D eigenvalue weighted by atomic mass is 10.2. The van der Waals surface area contributed by atoms with Crippen molar-refractivity contribution < 1.29 is 21.6 Å². The van der Waals surface area contributed by atoms with Gasteiger partial charge in [-0.3, -0.25) is 3.97 Å². The molecule has 1 N–H and O–H groups in total. The molecule has 0 aliphatic rings. The van der Waals surface area contributed by atoms with Gasteiger partial charge in [-0.1, -0.05) is 52.1 Å². The highest BCUT2D eigenvalue weighted by molar-refractivity contribution is 7.94. The van der Waals surface area contributed by atoms with Crippen LogP contribution in [0.15, 0.2) is 59.6 Å². The summed E-state index contributed by atoms with van der Waals surface area (Å²) in [6.07, 6.45) is -2.87. The molecular weight excluding hydrogens is 429 g/mol. The summed E-state index contributed by atoms with van der Waals surface area (Å²) in [7, 11) is -6.83. The van der Waals surface area contributed by atoms with Crippen LogP contribution in [0.2, 0.25) is 18.1 Å². The summed E-state index contributed by atoms with van der Waals surface area (Å²) in [4.78, 5) is 2.95. The first-order chi connectivity index (χ1) is 13.7. The largest absolute Gasteiger partial charge is 0.416 e. The number of fused-ring (bicyclic) bond motifs is 1. The van der Waals surface area contributed by atoms with Gasteiger partial charge in [0.15, 0.2) is 8.24 Å². The van der Waals surface area contributed by atoms with E-state index in [9.17, 15) is 21.6 Å². The maximum atomic E-state index is 13.8. The number of alkyl halides is 3. The lowest BCUT2D eigenvalue weighted by molar-refractivity contribution is -0.137. The zero-order chi connectivity index (χ0) is 22.5. The van der Waals surface area contributed by atoms with Crippen LogP contribution in [0, 0.1) is 0 Å². The fourth-order valence-corrected chi connectivity index (χ4v) is 9.22. The Bertz CT molecular complexity index is 1160. The topological polar surface area (TPSA) is 53.2 Å². The van der Waals surface area contributed by atoms with Crippen LogP contribution in [0.25, 0.3) is 10.9 Å². The van der Waals surface area contributed by atoms with Crippen molar-refractivity contribution in [2.24, 2.45) is 0 Å². The van der Waals surface area contributed by atoms with Gasteiger partial charge in [0.05, 0.1) is 16.1 Å². The third kappa shape index (κ3) is 3.76. The molecule has 1 aromatic heterocycles. The standard InChI is InChI=1S/C21H25F3N2O2SSi/c1-20(2,3)30(4,5)26(19-14-25-18-9-7-6-8-17(18)19)29(27,28)16-12-10-15(11-13-16)21(22,23)24/h6-14,25H,1-5H3. The highest BCUT2D eigenvalue weighted by Gasteiger charge is 2.48. The number of hydrogen-bond acceptors (Lipinski definition) is 2. The first-order valence-electron chi connectivity index (χ1n) is 9.46. The average molecular weight is 455 g/mol. The van der Waals surface area contributed by atoms with Gasteiger partial charge in [-0.2, -0.15) is 13.2 Å². The summed E-state index contributed by atoms with van der Waals surface area (Å²) >= 11 is 0. The molecule has 0 bridgehead atoms. The van der Waals surface area contributed by atoms with E-state index in [-0.39, 0.29) is 9.93 Å². The first kappa shape index (κ1) is 22.4. The van der Waals surface area contributed by atoms with Crippen molar-refractivity contribution in [1.29, 1.82) is 0 Å². The van der Waals surface area contributed by atoms with E-state index in [1.54, 1.807) is 6.20 Å². The Morgan fingerprint density at radius 3 is 2.03 bits per heavy atom. The Morgan fingerprint density at radius 2 is 1.50 bits per heavy atom. The second-order valence-electron chi connectivity index (χ2n) is 8.82. The molecule has 0 unspecified atom stereocenters. The van der Waals surface area contributed by atoms with Crippen LogP contribution in [0.4, 0.5) is 18.9 Å².